The van der Waals surface area contributed by atoms with Crippen molar-refractivity contribution in [2.24, 2.45) is 11.7 Å². The van der Waals surface area contributed by atoms with Gasteiger partial charge in [0, 0.05) is 39.3 Å². The van der Waals surface area contributed by atoms with Gasteiger partial charge in [0.05, 0.1) is 17.1 Å². The number of hydrogen-bond acceptors (Lipinski definition) is 4. The molecule has 1 rings (SSSR count). The highest BCUT2D eigenvalue weighted by atomic mass is 32.1. The molecule has 0 bridgehead atoms. The summed E-state index contributed by atoms with van der Waals surface area (Å²) in [5.41, 5.74) is 5.66. The van der Waals surface area contributed by atoms with Crippen LogP contribution in [0.25, 0.3) is 0 Å². The molecule has 1 aliphatic heterocycles. The van der Waals surface area contributed by atoms with Crippen LogP contribution in [0.3, 0.4) is 0 Å². The van der Waals surface area contributed by atoms with E-state index in [1.807, 2.05) is 0 Å². The maximum atomic E-state index is 5.83. The second-order valence-corrected chi connectivity index (χ2v) is 6.99. The lowest BCUT2D eigenvalue weighted by molar-refractivity contribution is 0.0533. The molecule has 0 spiro atoms. The van der Waals surface area contributed by atoms with Crippen molar-refractivity contribution in [1.82, 2.24) is 9.80 Å². The first-order valence-corrected chi connectivity index (χ1v) is 8.10. The van der Waals surface area contributed by atoms with Crippen LogP contribution < -0.4 is 5.73 Å². The summed E-state index contributed by atoms with van der Waals surface area (Å²) in [6, 6.07) is 0. The summed E-state index contributed by atoms with van der Waals surface area (Å²) < 4.78 is 5.68. The number of nitrogens with zero attached hydrogens (tertiary/aromatic N) is 2. The molecule has 1 aliphatic rings. The molecule has 0 aromatic rings. The van der Waals surface area contributed by atoms with Gasteiger partial charge in [0.2, 0.25) is 0 Å². The Morgan fingerprint density at radius 2 is 1.80 bits per heavy atom. The van der Waals surface area contributed by atoms with Crippen molar-refractivity contribution in [2.45, 2.75) is 39.7 Å². The van der Waals surface area contributed by atoms with Gasteiger partial charge in [0.25, 0.3) is 0 Å². The van der Waals surface area contributed by atoms with Crippen molar-refractivity contribution in [3.63, 3.8) is 0 Å². The minimum Gasteiger partial charge on any atom is -0.392 e. The van der Waals surface area contributed by atoms with Crippen LogP contribution in [0.2, 0.25) is 0 Å². The fourth-order valence-corrected chi connectivity index (χ4v) is 2.43. The Kier molecular flexibility index (Phi) is 7.37. The fraction of sp³-hybridized carbons (Fsp3) is 0.933. The van der Waals surface area contributed by atoms with Crippen LogP contribution in [0, 0.1) is 5.92 Å². The molecule has 1 fully saturated rings. The van der Waals surface area contributed by atoms with E-state index >= 15 is 0 Å². The third-order valence-corrected chi connectivity index (χ3v) is 4.66. The number of ether oxygens (including phenoxy) is 1. The smallest absolute Gasteiger partial charge is 0.0928 e. The summed E-state index contributed by atoms with van der Waals surface area (Å²) in [6.45, 7) is 15.6. The average molecular weight is 302 g/mol. The summed E-state index contributed by atoms with van der Waals surface area (Å²) in [7, 11) is 0. The first-order chi connectivity index (χ1) is 9.34. The van der Waals surface area contributed by atoms with Gasteiger partial charge in [-0.1, -0.05) is 26.1 Å². The number of hydrogen-bond donors (Lipinski definition) is 1. The molecule has 0 aromatic carbocycles. The zero-order valence-corrected chi connectivity index (χ0v) is 14.3. The summed E-state index contributed by atoms with van der Waals surface area (Å²) >= 11 is 5.16. The molecule has 0 saturated carbocycles. The highest BCUT2D eigenvalue weighted by molar-refractivity contribution is 7.80. The van der Waals surface area contributed by atoms with Gasteiger partial charge >= 0.3 is 0 Å². The van der Waals surface area contributed by atoms with Crippen LogP contribution in [0.5, 0.6) is 0 Å². The molecular formula is C15H31N3OS. The average Bonchev–Trinajstić information content (AvgIpc) is 2.38. The molecular weight excluding hydrogens is 270 g/mol. The number of rotatable bonds is 8. The monoisotopic (exact) mass is 301 g/mol. The summed E-state index contributed by atoms with van der Waals surface area (Å²) in [5, 5.41) is 0. The Bertz CT molecular complexity index is 299. The van der Waals surface area contributed by atoms with Gasteiger partial charge in [-0.3, -0.25) is 9.80 Å². The van der Waals surface area contributed by atoms with E-state index in [0.29, 0.717) is 4.99 Å². The molecule has 0 atom stereocenters. The second kappa shape index (κ2) is 8.27. The van der Waals surface area contributed by atoms with Crippen molar-refractivity contribution in [3.8, 4) is 0 Å². The highest BCUT2D eigenvalue weighted by Crippen LogP contribution is 2.17. The lowest BCUT2D eigenvalue weighted by Gasteiger charge is -2.43. The Morgan fingerprint density at radius 3 is 2.30 bits per heavy atom. The highest BCUT2D eigenvalue weighted by Gasteiger charge is 2.31. The van der Waals surface area contributed by atoms with Crippen LogP contribution in [0.15, 0.2) is 0 Å². The molecule has 0 amide bonds. The van der Waals surface area contributed by atoms with Gasteiger partial charge < -0.3 is 10.5 Å². The first kappa shape index (κ1) is 17.8. The summed E-state index contributed by atoms with van der Waals surface area (Å²) in [6.07, 6.45) is 1.15. The Labute approximate surface area is 129 Å². The zero-order chi connectivity index (χ0) is 15.2. The van der Waals surface area contributed by atoms with Crippen molar-refractivity contribution in [3.05, 3.63) is 0 Å². The first-order valence-electron chi connectivity index (χ1n) is 7.69. The Hall–Kier alpha value is -0.230. The second-order valence-electron chi connectivity index (χ2n) is 6.55. The van der Waals surface area contributed by atoms with Gasteiger partial charge in [0.1, 0.15) is 0 Å². The molecule has 5 heteroatoms. The lowest BCUT2D eigenvalue weighted by Crippen LogP contribution is -2.59. The molecule has 1 saturated heterocycles. The van der Waals surface area contributed by atoms with Crippen molar-refractivity contribution < 1.29 is 4.74 Å². The summed E-state index contributed by atoms with van der Waals surface area (Å²) in [5.74, 6) is 0.723. The SMILES string of the molecule is CC(C)CCOCCN1CCN(C(C)(C)C(N)=S)CC1. The third-order valence-electron chi connectivity index (χ3n) is 4.16. The molecule has 118 valence electrons. The van der Waals surface area contributed by atoms with Crippen molar-refractivity contribution >= 4 is 17.2 Å². The lowest BCUT2D eigenvalue weighted by atomic mass is 10.0. The van der Waals surface area contributed by atoms with Gasteiger partial charge in [-0.05, 0) is 26.2 Å². The quantitative estimate of drug-likeness (QED) is 0.546. The van der Waals surface area contributed by atoms with Gasteiger partial charge in [-0.2, -0.15) is 0 Å². The number of piperazine rings is 1. The van der Waals surface area contributed by atoms with E-state index in [0.717, 1.165) is 58.3 Å². The predicted octanol–water partition coefficient (Wildman–Crippen LogP) is 1.73. The van der Waals surface area contributed by atoms with Crippen LogP contribution >= 0.6 is 12.2 Å². The van der Waals surface area contributed by atoms with Crippen LogP contribution in [0.4, 0.5) is 0 Å². The van der Waals surface area contributed by atoms with Gasteiger partial charge in [0.15, 0.2) is 0 Å². The minimum absolute atomic E-state index is 0.171. The van der Waals surface area contributed by atoms with Crippen molar-refractivity contribution in [2.75, 3.05) is 45.9 Å². The summed E-state index contributed by atoms with van der Waals surface area (Å²) in [4.78, 5) is 5.43. The number of thiocarbonyl (C=S) groups is 1. The molecule has 0 unspecified atom stereocenters. The standard InChI is InChI=1S/C15H31N3OS/c1-13(2)5-11-19-12-10-17-6-8-18(9-7-17)15(3,4)14(16)20/h13H,5-12H2,1-4H3,(H2,16,20). The topological polar surface area (TPSA) is 41.7 Å². The van der Waals surface area contributed by atoms with Crippen LogP contribution in [-0.4, -0.2) is 66.3 Å². The van der Waals surface area contributed by atoms with E-state index in [9.17, 15) is 0 Å². The molecule has 20 heavy (non-hydrogen) atoms. The number of nitrogens with two attached hydrogens (primary N) is 1. The van der Waals surface area contributed by atoms with E-state index in [1.165, 1.54) is 0 Å². The van der Waals surface area contributed by atoms with Crippen molar-refractivity contribution in [1.29, 1.82) is 0 Å². The molecule has 1 heterocycles. The maximum absolute atomic E-state index is 5.83. The third kappa shape index (κ3) is 5.64. The predicted molar refractivity (Wildman–Crippen MR) is 89.2 cm³/mol. The van der Waals surface area contributed by atoms with E-state index in [-0.39, 0.29) is 5.54 Å². The van der Waals surface area contributed by atoms with E-state index in [4.69, 9.17) is 22.7 Å². The van der Waals surface area contributed by atoms with E-state index in [2.05, 4.69) is 37.5 Å². The maximum Gasteiger partial charge on any atom is 0.0928 e. The Balaban J connectivity index is 2.18. The normalized spacial score (nSPS) is 18.6. The fourth-order valence-electron chi connectivity index (χ4n) is 2.30. The minimum atomic E-state index is -0.171. The largest absolute Gasteiger partial charge is 0.392 e. The molecule has 0 aromatic heterocycles. The van der Waals surface area contributed by atoms with Gasteiger partial charge in [-0.25, -0.2) is 0 Å². The Morgan fingerprint density at radius 1 is 1.20 bits per heavy atom. The molecule has 0 radical (unpaired) electrons. The zero-order valence-electron chi connectivity index (χ0n) is 13.5. The van der Waals surface area contributed by atoms with Crippen LogP contribution in [-0.2, 0) is 4.74 Å². The van der Waals surface area contributed by atoms with Gasteiger partial charge in [-0.15, -0.1) is 0 Å². The van der Waals surface area contributed by atoms with E-state index < -0.39 is 0 Å². The van der Waals surface area contributed by atoms with Crippen LogP contribution in [0.1, 0.15) is 34.1 Å². The molecule has 2 N–H and O–H groups in total. The molecule has 0 aliphatic carbocycles. The molecule has 4 nitrogen and oxygen atoms in total. The van der Waals surface area contributed by atoms with E-state index in [1.54, 1.807) is 0 Å².